The summed E-state index contributed by atoms with van der Waals surface area (Å²) in [6.07, 6.45) is 11.5. The highest BCUT2D eigenvalue weighted by molar-refractivity contribution is 5.60. The van der Waals surface area contributed by atoms with Crippen molar-refractivity contribution in [2.24, 2.45) is 0 Å². The summed E-state index contributed by atoms with van der Waals surface area (Å²) < 4.78 is 5.28. The monoisotopic (exact) mass is 244 g/mol. The molecule has 0 radical (unpaired) electrons. The molecule has 0 saturated carbocycles. The predicted octanol–water partition coefficient (Wildman–Crippen LogP) is 5.00. The van der Waals surface area contributed by atoms with Crippen molar-refractivity contribution < 1.29 is 4.74 Å². The number of fused-ring (bicyclic) bond motifs is 1. The third-order valence-corrected chi connectivity index (χ3v) is 3.78. The third kappa shape index (κ3) is 3.38. The van der Waals surface area contributed by atoms with E-state index in [4.69, 9.17) is 4.74 Å². The molecule has 0 aromatic heterocycles. The van der Waals surface area contributed by atoms with Crippen LogP contribution in [-0.4, -0.2) is 7.11 Å². The minimum Gasteiger partial charge on any atom is -0.497 e. The van der Waals surface area contributed by atoms with Gasteiger partial charge in [-0.15, -0.1) is 0 Å². The highest BCUT2D eigenvalue weighted by Crippen LogP contribution is 2.29. The summed E-state index contributed by atoms with van der Waals surface area (Å²) in [6, 6.07) is 6.44. The molecule has 1 heteroatoms. The normalized spacial score (nSPS) is 14.0. The van der Waals surface area contributed by atoms with Crippen LogP contribution in [0.3, 0.4) is 0 Å². The number of hydrogen-bond acceptors (Lipinski definition) is 1. The maximum atomic E-state index is 5.28. The van der Waals surface area contributed by atoms with E-state index < -0.39 is 0 Å². The zero-order valence-corrected chi connectivity index (χ0v) is 11.7. The average molecular weight is 244 g/mol. The van der Waals surface area contributed by atoms with Crippen LogP contribution in [0.2, 0.25) is 0 Å². The molecule has 0 saturated heterocycles. The first-order chi connectivity index (χ1) is 8.83. The Labute approximate surface area is 111 Å². The summed E-state index contributed by atoms with van der Waals surface area (Å²) in [5.74, 6) is 0.980. The van der Waals surface area contributed by atoms with E-state index in [-0.39, 0.29) is 0 Å². The summed E-state index contributed by atoms with van der Waals surface area (Å²) in [6.45, 7) is 2.27. The van der Waals surface area contributed by atoms with Gasteiger partial charge in [-0.05, 0) is 48.9 Å². The molecule has 1 aromatic carbocycles. The topological polar surface area (TPSA) is 9.23 Å². The Morgan fingerprint density at radius 1 is 1.11 bits per heavy atom. The number of aryl methyl sites for hydroxylation is 1. The standard InChI is InChI=1S/C17H24O/c1-3-4-5-6-7-14-8-9-16-13-17(18-2)11-10-15(16)12-14/h10-13H,3-9H2,1-2H3. The molecule has 0 heterocycles. The lowest BCUT2D eigenvalue weighted by Crippen LogP contribution is -2.00. The van der Waals surface area contributed by atoms with Crippen LogP contribution < -0.4 is 4.74 Å². The van der Waals surface area contributed by atoms with Gasteiger partial charge < -0.3 is 4.74 Å². The molecule has 0 atom stereocenters. The SMILES string of the molecule is CCCCCCC1=Cc2ccc(OC)cc2CC1. The van der Waals surface area contributed by atoms with E-state index in [2.05, 4.69) is 31.2 Å². The molecule has 1 nitrogen and oxygen atoms in total. The lowest BCUT2D eigenvalue weighted by molar-refractivity contribution is 0.414. The van der Waals surface area contributed by atoms with E-state index in [1.165, 1.54) is 56.1 Å². The second kappa shape index (κ2) is 6.63. The highest BCUT2D eigenvalue weighted by atomic mass is 16.5. The van der Waals surface area contributed by atoms with Crippen LogP contribution in [-0.2, 0) is 6.42 Å². The fourth-order valence-corrected chi connectivity index (χ4v) is 2.63. The fraction of sp³-hybridized carbons (Fsp3) is 0.529. The lowest BCUT2D eigenvalue weighted by atomic mass is 9.89. The van der Waals surface area contributed by atoms with Crippen LogP contribution in [0.5, 0.6) is 5.75 Å². The number of allylic oxidation sites excluding steroid dienone is 1. The second-order valence-corrected chi connectivity index (χ2v) is 5.18. The van der Waals surface area contributed by atoms with Gasteiger partial charge in [0.2, 0.25) is 0 Å². The van der Waals surface area contributed by atoms with Crippen molar-refractivity contribution in [3.05, 3.63) is 34.9 Å². The first-order valence-electron chi connectivity index (χ1n) is 7.20. The number of benzene rings is 1. The van der Waals surface area contributed by atoms with Crippen molar-refractivity contribution >= 4 is 6.08 Å². The quantitative estimate of drug-likeness (QED) is 0.640. The summed E-state index contributed by atoms with van der Waals surface area (Å²) in [7, 11) is 1.74. The minimum absolute atomic E-state index is 0.980. The summed E-state index contributed by atoms with van der Waals surface area (Å²) in [5.41, 5.74) is 4.46. The highest BCUT2D eigenvalue weighted by Gasteiger charge is 2.10. The van der Waals surface area contributed by atoms with Crippen LogP contribution in [0.25, 0.3) is 6.08 Å². The average Bonchev–Trinajstić information content (AvgIpc) is 2.43. The van der Waals surface area contributed by atoms with E-state index in [0.717, 1.165) is 5.75 Å². The Kier molecular flexibility index (Phi) is 4.86. The Bertz CT molecular complexity index is 418. The third-order valence-electron chi connectivity index (χ3n) is 3.78. The Morgan fingerprint density at radius 3 is 2.78 bits per heavy atom. The number of ether oxygens (including phenoxy) is 1. The van der Waals surface area contributed by atoms with E-state index in [1.807, 2.05) is 0 Å². The number of hydrogen-bond donors (Lipinski definition) is 0. The van der Waals surface area contributed by atoms with Crippen LogP contribution in [0.15, 0.2) is 23.8 Å². The van der Waals surface area contributed by atoms with Crippen molar-refractivity contribution in [1.82, 2.24) is 0 Å². The van der Waals surface area contributed by atoms with Crippen molar-refractivity contribution in [2.75, 3.05) is 7.11 Å². The minimum atomic E-state index is 0.980. The van der Waals surface area contributed by atoms with Gasteiger partial charge in [-0.1, -0.05) is 43.9 Å². The van der Waals surface area contributed by atoms with Gasteiger partial charge >= 0.3 is 0 Å². The predicted molar refractivity (Wildman–Crippen MR) is 78.1 cm³/mol. The van der Waals surface area contributed by atoms with Crippen molar-refractivity contribution in [3.8, 4) is 5.75 Å². The van der Waals surface area contributed by atoms with Gasteiger partial charge in [0, 0.05) is 0 Å². The van der Waals surface area contributed by atoms with E-state index in [9.17, 15) is 0 Å². The molecular weight excluding hydrogens is 220 g/mol. The van der Waals surface area contributed by atoms with Gasteiger partial charge in [0.25, 0.3) is 0 Å². The maximum Gasteiger partial charge on any atom is 0.119 e. The zero-order valence-electron chi connectivity index (χ0n) is 11.7. The van der Waals surface area contributed by atoms with Crippen molar-refractivity contribution in [2.45, 2.75) is 51.9 Å². The molecule has 0 unspecified atom stereocenters. The van der Waals surface area contributed by atoms with Crippen LogP contribution in [0, 0.1) is 0 Å². The maximum absolute atomic E-state index is 5.28. The summed E-state index contributed by atoms with van der Waals surface area (Å²) >= 11 is 0. The molecule has 0 aliphatic heterocycles. The molecule has 2 rings (SSSR count). The second-order valence-electron chi connectivity index (χ2n) is 5.18. The molecule has 1 aliphatic carbocycles. The molecule has 0 amide bonds. The number of rotatable bonds is 6. The van der Waals surface area contributed by atoms with Gasteiger partial charge in [-0.25, -0.2) is 0 Å². The van der Waals surface area contributed by atoms with E-state index >= 15 is 0 Å². The largest absolute Gasteiger partial charge is 0.497 e. The Balaban J connectivity index is 1.97. The van der Waals surface area contributed by atoms with Crippen LogP contribution in [0.1, 0.15) is 56.6 Å². The zero-order chi connectivity index (χ0) is 12.8. The molecular formula is C17H24O. The molecule has 0 N–H and O–H groups in total. The van der Waals surface area contributed by atoms with E-state index in [1.54, 1.807) is 12.7 Å². The molecule has 98 valence electrons. The molecule has 0 bridgehead atoms. The van der Waals surface area contributed by atoms with Gasteiger partial charge in [-0.3, -0.25) is 0 Å². The Morgan fingerprint density at radius 2 is 2.00 bits per heavy atom. The number of unbranched alkanes of at least 4 members (excludes halogenated alkanes) is 3. The first-order valence-corrected chi connectivity index (χ1v) is 7.20. The lowest BCUT2D eigenvalue weighted by Gasteiger charge is -2.17. The Hall–Kier alpha value is -1.24. The van der Waals surface area contributed by atoms with Gasteiger partial charge in [-0.2, -0.15) is 0 Å². The van der Waals surface area contributed by atoms with Gasteiger partial charge in [0.05, 0.1) is 7.11 Å². The van der Waals surface area contributed by atoms with Gasteiger partial charge in [0.1, 0.15) is 5.75 Å². The first kappa shape index (κ1) is 13.2. The van der Waals surface area contributed by atoms with Crippen LogP contribution >= 0.6 is 0 Å². The molecule has 18 heavy (non-hydrogen) atoms. The van der Waals surface area contributed by atoms with E-state index in [0.29, 0.717) is 0 Å². The molecule has 0 spiro atoms. The molecule has 1 aromatic rings. The fourth-order valence-electron chi connectivity index (χ4n) is 2.63. The smallest absolute Gasteiger partial charge is 0.119 e. The number of methoxy groups -OCH3 is 1. The van der Waals surface area contributed by atoms with Gasteiger partial charge in [0.15, 0.2) is 0 Å². The summed E-state index contributed by atoms with van der Waals surface area (Å²) in [5, 5.41) is 0. The van der Waals surface area contributed by atoms with Crippen LogP contribution in [0.4, 0.5) is 0 Å². The molecule has 0 fully saturated rings. The molecule has 1 aliphatic rings. The van der Waals surface area contributed by atoms with Crippen molar-refractivity contribution in [3.63, 3.8) is 0 Å². The van der Waals surface area contributed by atoms with Crippen molar-refractivity contribution in [1.29, 1.82) is 0 Å². The summed E-state index contributed by atoms with van der Waals surface area (Å²) in [4.78, 5) is 0.